The van der Waals surface area contributed by atoms with Gasteiger partial charge in [-0.05, 0) is 114 Å². The number of rotatable bonds is 11. The Morgan fingerprint density at radius 2 is 1.56 bits per heavy atom. The van der Waals surface area contributed by atoms with Gasteiger partial charge in [0.15, 0.2) is 0 Å². The van der Waals surface area contributed by atoms with E-state index in [0.29, 0.717) is 23.7 Å². The maximum absolute atomic E-state index is 13.8. The van der Waals surface area contributed by atoms with Crippen LogP contribution in [0.3, 0.4) is 0 Å². The highest BCUT2D eigenvalue weighted by molar-refractivity contribution is 14.1. The number of fused-ring (bicyclic) bond motifs is 4. The zero-order chi connectivity index (χ0) is 26.6. The first-order valence-electron chi connectivity index (χ1n) is 14.6. The minimum atomic E-state index is -0.518. The van der Waals surface area contributed by atoms with Crippen LogP contribution in [-0.4, -0.2) is 30.0 Å². The molecule has 0 aromatic carbocycles. The maximum Gasteiger partial charge on any atom is 0.322 e. The Balaban J connectivity index is 1.43. The molecular weight excluding hydrogens is 678 g/mol. The molecule has 4 rings (SSSR count). The molecule has 4 aliphatic carbocycles. The van der Waals surface area contributed by atoms with Gasteiger partial charge in [0.05, 0.1) is 0 Å². The van der Waals surface area contributed by atoms with Gasteiger partial charge in [0.2, 0.25) is 0 Å². The van der Waals surface area contributed by atoms with Crippen LogP contribution in [-0.2, 0) is 19.1 Å². The molecule has 4 aliphatic rings. The number of carbonyl (C=O) groups excluding carboxylic acids is 2. The van der Waals surface area contributed by atoms with E-state index in [-0.39, 0.29) is 28.6 Å². The van der Waals surface area contributed by atoms with Gasteiger partial charge in [-0.2, -0.15) is 0 Å². The fraction of sp³-hybridized carbons (Fsp3) is 0.933. The van der Waals surface area contributed by atoms with Crippen molar-refractivity contribution in [2.45, 2.75) is 143 Å². The molecule has 8 unspecified atom stereocenters. The third kappa shape index (κ3) is 5.02. The monoisotopic (exact) mass is 726 g/mol. The third-order valence-electron chi connectivity index (χ3n) is 11.3. The van der Waals surface area contributed by atoms with E-state index in [4.69, 9.17) is 9.47 Å². The highest BCUT2D eigenvalue weighted by Crippen LogP contribution is 2.64. The van der Waals surface area contributed by atoms with Crippen molar-refractivity contribution < 1.29 is 19.1 Å². The average molecular weight is 727 g/mol. The Morgan fingerprint density at radius 3 is 2.03 bits per heavy atom. The number of esters is 2. The van der Waals surface area contributed by atoms with Crippen LogP contribution in [0.25, 0.3) is 0 Å². The fourth-order valence-corrected chi connectivity index (χ4v) is 9.12. The first-order chi connectivity index (χ1) is 16.8. The number of halogens is 2. The topological polar surface area (TPSA) is 52.6 Å². The molecule has 0 heterocycles. The smallest absolute Gasteiger partial charge is 0.322 e. The number of hydrogen-bond acceptors (Lipinski definition) is 4. The lowest BCUT2D eigenvalue weighted by molar-refractivity contribution is -0.173. The molecule has 0 radical (unpaired) electrons. The lowest BCUT2D eigenvalue weighted by atomic mass is 9.76. The molecule has 0 spiro atoms. The zero-order valence-electron chi connectivity index (χ0n) is 23.4. The molecule has 4 saturated carbocycles. The average Bonchev–Trinajstić information content (AvgIpc) is 3.56. The van der Waals surface area contributed by atoms with Crippen LogP contribution in [0.4, 0.5) is 0 Å². The summed E-state index contributed by atoms with van der Waals surface area (Å²) in [5.74, 6) is 2.24. The van der Waals surface area contributed by atoms with Crippen molar-refractivity contribution in [3.8, 4) is 0 Å². The maximum atomic E-state index is 13.8. The molecule has 4 fully saturated rings. The van der Waals surface area contributed by atoms with Gasteiger partial charge in [0.25, 0.3) is 0 Å². The second kappa shape index (κ2) is 10.4. The van der Waals surface area contributed by atoms with Crippen molar-refractivity contribution >= 4 is 57.1 Å². The molecule has 0 aliphatic heterocycles. The van der Waals surface area contributed by atoms with Crippen LogP contribution >= 0.6 is 45.2 Å². The molecule has 8 atom stereocenters. The first kappa shape index (κ1) is 29.4. The van der Waals surface area contributed by atoms with Crippen LogP contribution in [0, 0.1) is 29.1 Å². The molecule has 4 nitrogen and oxygen atoms in total. The van der Waals surface area contributed by atoms with Gasteiger partial charge >= 0.3 is 11.9 Å². The van der Waals surface area contributed by atoms with E-state index >= 15 is 0 Å². The Bertz CT molecular complexity index is 856. The van der Waals surface area contributed by atoms with Gasteiger partial charge in [0, 0.05) is 5.92 Å². The summed E-state index contributed by atoms with van der Waals surface area (Å²) in [6, 6.07) is 0. The predicted octanol–water partition coefficient (Wildman–Crippen LogP) is 8.59. The number of alkyl halides is 2. The quantitative estimate of drug-likeness (QED) is 0.122. The Morgan fingerprint density at radius 1 is 0.889 bits per heavy atom. The Labute approximate surface area is 246 Å². The van der Waals surface area contributed by atoms with Gasteiger partial charge in [-0.25, -0.2) is 0 Å². The summed E-state index contributed by atoms with van der Waals surface area (Å²) < 4.78 is 12.0. The molecule has 36 heavy (non-hydrogen) atoms. The minimum absolute atomic E-state index is 0.0133. The molecule has 206 valence electrons. The van der Waals surface area contributed by atoms with Crippen LogP contribution in [0.1, 0.15) is 125 Å². The number of hydrogen-bond donors (Lipinski definition) is 0. The normalized spacial score (nSPS) is 39.6. The van der Waals surface area contributed by atoms with Crippen LogP contribution < -0.4 is 0 Å². The van der Waals surface area contributed by atoms with Gasteiger partial charge in [-0.15, -0.1) is 0 Å². The summed E-state index contributed by atoms with van der Waals surface area (Å²) in [6.45, 7) is 13.1. The van der Waals surface area contributed by atoms with Gasteiger partial charge in [0.1, 0.15) is 18.0 Å². The second-order valence-corrected chi connectivity index (χ2v) is 17.9. The summed E-state index contributed by atoms with van der Waals surface area (Å²) in [5.41, 5.74) is -0.364. The van der Waals surface area contributed by atoms with Crippen LogP contribution in [0.2, 0.25) is 0 Å². The molecule has 6 heteroatoms. The van der Waals surface area contributed by atoms with Crippen LogP contribution in [0.15, 0.2) is 0 Å². The molecular formula is C30H48I2O4. The van der Waals surface area contributed by atoms with Crippen molar-refractivity contribution in [2.24, 2.45) is 29.1 Å². The predicted molar refractivity (Wildman–Crippen MR) is 162 cm³/mol. The van der Waals surface area contributed by atoms with Crippen molar-refractivity contribution in [2.75, 3.05) is 0 Å². The molecule has 0 aromatic heterocycles. The highest BCUT2D eigenvalue weighted by atomic mass is 127. The SMILES string of the molecule is CCC(C)(I)C(=O)OC1(CCCC(I)(CC)C(=O)OC2(CC)CC3CCC2C3(C)C)CC2CCC1C2. The minimum Gasteiger partial charge on any atom is -0.458 e. The van der Waals surface area contributed by atoms with Crippen LogP contribution in [0.5, 0.6) is 0 Å². The lowest BCUT2D eigenvalue weighted by Gasteiger charge is -2.41. The number of ether oxygens (including phenoxy) is 2. The first-order valence-corrected chi connectivity index (χ1v) is 16.8. The van der Waals surface area contributed by atoms with Gasteiger partial charge in [-0.1, -0.05) is 79.8 Å². The molecule has 4 bridgehead atoms. The van der Waals surface area contributed by atoms with E-state index in [1.54, 1.807) is 0 Å². The summed E-state index contributed by atoms with van der Waals surface area (Å²) in [7, 11) is 0. The summed E-state index contributed by atoms with van der Waals surface area (Å²) in [6.07, 6.45) is 13.1. The van der Waals surface area contributed by atoms with Crippen molar-refractivity contribution in [1.29, 1.82) is 0 Å². The van der Waals surface area contributed by atoms with E-state index in [2.05, 4.69) is 79.8 Å². The number of carbonyl (C=O) groups is 2. The van der Waals surface area contributed by atoms with E-state index in [1.165, 1.54) is 32.1 Å². The van der Waals surface area contributed by atoms with Crippen molar-refractivity contribution in [3.63, 3.8) is 0 Å². The summed E-state index contributed by atoms with van der Waals surface area (Å²) >= 11 is 4.64. The second-order valence-electron chi connectivity index (χ2n) is 13.4. The Hall–Kier alpha value is 0.400. The Kier molecular flexibility index (Phi) is 8.51. The fourth-order valence-electron chi connectivity index (χ4n) is 8.52. The van der Waals surface area contributed by atoms with E-state index in [1.807, 2.05) is 6.92 Å². The van der Waals surface area contributed by atoms with Gasteiger partial charge in [-0.3, -0.25) is 9.59 Å². The van der Waals surface area contributed by atoms with E-state index in [0.717, 1.165) is 51.4 Å². The van der Waals surface area contributed by atoms with Gasteiger partial charge < -0.3 is 9.47 Å². The largest absolute Gasteiger partial charge is 0.458 e. The zero-order valence-corrected chi connectivity index (χ0v) is 27.7. The van der Waals surface area contributed by atoms with E-state index < -0.39 is 6.84 Å². The lowest BCUT2D eigenvalue weighted by Crippen LogP contribution is -2.47. The summed E-state index contributed by atoms with van der Waals surface area (Å²) in [5, 5.41) is 0. The molecule has 0 aromatic rings. The van der Waals surface area contributed by atoms with Crippen molar-refractivity contribution in [1.82, 2.24) is 0 Å². The summed E-state index contributed by atoms with van der Waals surface area (Å²) in [4.78, 5) is 26.9. The highest BCUT2D eigenvalue weighted by Gasteiger charge is 2.63. The molecule has 0 amide bonds. The standard InChI is InChI=1S/C30H48I2O4/c1-7-27(6,31)24(33)35-30(18-20-11-12-21(30)17-20)16-10-15-28(32,8-2)25(34)36-29(9-3)19-22-13-14-23(29)26(22,4)5/h20-23H,7-19H2,1-6H3. The molecule has 0 saturated heterocycles. The molecule has 0 N–H and O–H groups in total. The van der Waals surface area contributed by atoms with Crippen molar-refractivity contribution in [3.05, 3.63) is 0 Å². The third-order valence-corrected chi connectivity index (χ3v) is 14.2. The van der Waals surface area contributed by atoms with E-state index in [9.17, 15) is 9.59 Å².